The highest BCUT2D eigenvalue weighted by atomic mass is 35.5. The minimum atomic E-state index is -0.331. The summed E-state index contributed by atoms with van der Waals surface area (Å²) in [6.07, 6.45) is 5.42. The Morgan fingerprint density at radius 2 is 1.84 bits per heavy atom. The van der Waals surface area contributed by atoms with Crippen LogP contribution in [0, 0.1) is 5.92 Å². The number of nitrogens with one attached hydrogen (secondary N) is 1. The zero-order valence-electron chi connectivity index (χ0n) is 15.3. The molecule has 0 heterocycles. The molecule has 0 radical (unpaired) electrons. The van der Waals surface area contributed by atoms with Crippen molar-refractivity contribution >= 4 is 29.2 Å². The normalized spacial score (nSPS) is 11.5. The van der Waals surface area contributed by atoms with Crippen LogP contribution in [0.4, 0.5) is 5.69 Å². The molecule has 0 aromatic heterocycles. The van der Waals surface area contributed by atoms with E-state index in [0.717, 1.165) is 19.3 Å². The number of rotatable bonds is 10. The number of carbonyl (C=O) groups is 2. The average molecular weight is 366 g/mol. The molecule has 138 valence electrons. The van der Waals surface area contributed by atoms with E-state index in [1.165, 1.54) is 5.57 Å². The first-order chi connectivity index (χ1) is 11.9. The van der Waals surface area contributed by atoms with E-state index in [0.29, 0.717) is 23.2 Å². The number of allylic oxidation sites excluding steroid dienone is 2. The Hall–Kier alpha value is -1.81. The van der Waals surface area contributed by atoms with Gasteiger partial charge >= 0.3 is 5.97 Å². The minimum absolute atomic E-state index is 0.0889. The van der Waals surface area contributed by atoms with Gasteiger partial charge in [-0.15, -0.1) is 0 Å². The molecule has 0 aliphatic carbocycles. The summed E-state index contributed by atoms with van der Waals surface area (Å²) in [7, 11) is 0. The number of ether oxygens (including phenoxy) is 1. The fraction of sp³-hybridized carbons (Fsp3) is 0.500. The number of carbonyl (C=O) groups excluding carboxylic acids is 2. The molecular formula is C20H28ClNO3. The molecule has 25 heavy (non-hydrogen) atoms. The number of anilines is 1. The zero-order chi connectivity index (χ0) is 18.7. The molecule has 0 saturated carbocycles. The number of esters is 1. The molecule has 1 aromatic rings. The molecule has 0 saturated heterocycles. The van der Waals surface area contributed by atoms with Gasteiger partial charge in [-0.3, -0.25) is 9.59 Å². The molecule has 0 bridgehead atoms. The molecule has 1 aromatic carbocycles. The second kappa shape index (κ2) is 11.7. The van der Waals surface area contributed by atoms with Gasteiger partial charge in [-0.05, 0) is 63.3 Å². The van der Waals surface area contributed by atoms with Crippen LogP contribution >= 0.6 is 11.6 Å². The highest BCUT2D eigenvalue weighted by Crippen LogP contribution is 2.14. The van der Waals surface area contributed by atoms with Crippen LogP contribution in [0.5, 0.6) is 0 Å². The first-order valence-corrected chi connectivity index (χ1v) is 9.09. The zero-order valence-corrected chi connectivity index (χ0v) is 16.1. The first kappa shape index (κ1) is 21.2. The van der Waals surface area contributed by atoms with Crippen molar-refractivity contribution in [3.05, 3.63) is 40.9 Å². The van der Waals surface area contributed by atoms with Crippen LogP contribution < -0.4 is 5.32 Å². The number of amides is 1. The van der Waals surface area contributed by atoms with Gasteiger partial charge in [-0.25, -0.2) is 0 Å². The third-order valence-corrected chi connectivity index (χ3v) is 4.02. The molecule has 4 nitrogen and oxygen atoms in total. The quantitative estimate of drug-likeness (QED) is 0.447. The highest BCUT2D eigenvalue weighted by molar-refractivity contribution is 6.30. The Balaban J connectivity index is 2.14. The van der Waals surface area contributed by atoms with Crippen LogP contribution in [-0.4, -0.2) is 18.5 Å². The smallest absolute Gasteiger partial charge is 0.306 e. The molecule has 0 aliphatic rings. The molecule has 1 atom stereocenters. The van der Waals surface area contributed by atoms with Gasteiger partial charge < -0.3 is 10.1 Å². The summed E-state index contributed by atoms with van der Waals surface area (Å²) in [4.78, 5) is 23.5. The maximum Gasteiger partial charge on any atom is 0.306 e. The summed E-state index contributed by atoms with van der Waals surface area (Å²) in [5.74, 6) is -0.0336. The summed E-state index contributed by atoms with van der Waals surface area (Å²) in [6, 6.07) is 6.83. The van der Waals surface area contributed by atoms with Gasteiger partial charge in [0.2, 0.25) is 5.91 Å². The van der Waals surface area contributed by atoms with Crippen LogP contribution in [0.15, 0.2) is 35.9 Å². The molecule has 5 heteroatoms. The number of benzene rings is 1. The molecule has 1 amide bonds. The van der Waals surface area contributed by atoms with Crippen LogP contribution in [0.3, 0.4) is 0 Å². The Labute approximate surface area is 155 Å². The fourth-order valence-electron chi connectivity index (χ4n) is 2.22. The van der Waals surface area contributed by atoms with E-state index in [4.69, 9.17) is 16.3 Å². The Bertz CT molecular complexity index is 577. The summed E-state index contributed by atoms with van der Waals surface area (Å²) in [5, 5.41) is 3.33. The highest BCUT2D eigenvalue weighted by Gasteiger charge is 2.09. The van der Waals surface area contributed by atoms with Crippen molar-refractivity contribution in [1.82, 2.24) is 0 Å². The lowest BCUT2D eigenvalue weighted by atomic mass is 10.0. The summed E-state index contributed by atoms with van der Waals surface area (Å²) in [5.41, 5.74) is 1.99. The molecular weight excluding hydrogens is 338 g/mol. The Morgan fingerprint density at radius 1 is 1.16 bits per heavy atom. The lowest BCUT2D eigenvalue weighted by molar-refractivity contribution is -0.145. The van der Waals surface area contributed by atoms with Crippen LogP contribution in [0.2, 0.25) is 5.02 Å². The van der Waals surface area contributed by atoms with E-state index in [1.807, 2.05) is 0 Å². The molecule has 0 spiro atoms. The van der Waals surface area contributed by atoms with Gasteiger partial charge in [0, 0.05) is 17.1 Å². The molecule has 1 unspecified atom stereocenters. The van der Waals surface area contributed by atoms with E-state index in [2.05, 4.69) is 32.2 Å². The van der Waals surface area contributed by atoms with Gasteiger partial charge in [-0.1, -0.05) is 30.2 Å². The van der Waals surface area contributed by atoms with Crippen molar-refractivity contribution in [3.8, 4) is 0 Å². The van der Waals surface area contributed by atoms with Crippen molar-refractivity contribution in [1.29, 1.82) is 0 Å². The second-order valence-electron chi connectivity index (χ2n) is 6.53. The second-order valence-corrected chi connectivity index (χ2v) is 6.96. The topological polar surface area (TPSA) is 55.4 Å². The third kappa shape index (κ3) is 10.6. The molecule has 1 rings (SSSR count). The minimum Gasteiger partial charge on any atom is -0.466 e. The molecule has 1 N–H and O–H groups in total. The van der Waals surface area contributed by atoms with E-state index in [1.54, 1.807) is 24.3 Å². The summed E-state index contributed by atoms with van der Waals surface area (Å²) >= 11 is 5.79. The maximum absolute atomic E-state index is 11.8. The fourth-order valence-corrected chi connectivity index (χ4v) is 2.35. The predicted molar refractivity (Wildman–Crippen MR) is 103 cm³/mol. The van der Waals surface area contributed by atoms with Crippen molar-refractivity contribution < 1.29 is 14.3 Å². The van der Waals surface area contributed by atoms with Gasteiger partial charge in [0.05, 0.1) is 13.0 Å². The SMILES string of the molecule is CC(C)=CCCC(C)CCOC(=O)CCC(=O)Nc1ccc(Cl)cc1. The van der Waals surface area contributed by atoms with Crippen LogP contribution in [0.25, 0.3) is 0 Å². The van der Waals surface area contributed by atoms with E-state index < -0.39 is 0 Å². The van der Waals surface area contributed by atoms with Crippen molar-refractivity contribution in [2.75, 3.05) is 11.9 Å². The van der Waals surface area contributed by atoms with E-state index >= 15 is 0 Å². The van der Waals surface area contributed by atoms with E-state index in [9.17, 15) is 9.59 Å². The van der Waals surface area contributed by atoms with Gasteiger partial charge in [-0.2, -0.15) is 0 Å². The van der Waals surface area contributed by atoms with Crippen molar-refractivity contribution in [3.63, 3.8) is 0 Å². The van der Waals surface area contributed by atoms with Crippen molar-refractivity contribution in [2.45, 2.75) is 52.9 Å². The van der Waals surface area contributed by atoms with E-state index in [-0.39, 0.29) is 24.7 Å². The van der Waals surface area contributed by atoms with Gasteiger partial charge in [0.15, 0.2) is 0 Å². The number of hydrogen-bond donors (Lipinski definition) is 1. The van der Waals surface area contributed by atoms with Crippen LogP contribution in [0.1, 0.15) is 52.9 Å². The summed E-state index contributed by atoms with van der Waals surface area (Å²) in [6.45, 7) is 6.75. The standard InChI is InChI=1S/C20H28ClNO3/c1-15(2)5-4-6-16(3)13-14-25-20(24)12-11-19(23)22-18-9-7-17(21)8-10-18/h5,7-10,16H,4,6,11-14H2,1-3H3,(H,22,23). The molecule has 0 aliphatic heterocycles. The largest absolute Gasteiger partial charge is 0.466 e. The summed E-state index contributed by atoms with van der Waals surface area (Å²) < 4.78 is 5.20. The number of hydrogen-bond acceptors (Lipinski definition) is 3. The number of halogens is 1. The lowest BCUT2D eigenvalue weighted by Crippen LogP contribution is -2.15. The van der Waals surface area contributed by atoms with Crippen LogP contribution in [-0.2, 0) is 14.3 Å². The Morgan fingerprint density at radius 3 is 2.48 bits per heavy atom. The predicted octanol–water partition coefficient (Wildman–Crippen LogP) is 5.37. The average Bonchev–Trinajstić information content (AvgIpc) is 2.55. The first-order valence-electron chi connectivity index (χ1n) is 8.71. The lowest BCUT2D eigenvalue weighted by Gasteiger charge is -2.11. The molecule has 0 fully saturated rings. The van der Waals surface area contributed by atoms with Gasteiger partial charge in [0.25, 0.3) is 0 Å². The van der Waals surface area contributed by atoms with Gasteiger partial charge in [0.1, 0.15) is 0 Å². The monoisotopic (exact) mass is 365 g/mol. The van der Waals surface area contributed by atoms with Crippen molar-refractivity contribution in [2.24, 2.45) is 5.92 Å². The maximum atomic E-state index is 11.8. The third-order valence-electron chi connectivity index (χ3n) is 3.77. The Kier molecular flexibility index (Phi) is 9.93.